The van der Waals surface area contributed by atoms with Crippen molar-refractivity contribution in [2.75, 3.05) is 32.7 Å². The third kappa shape index (κ3) is 3.36. The molecule has 1 heterocycles. The second kappa shape index (κ2) is 5.68. The SMILES string of the molecule is NC(=Cc1ccccc1)CN1CCNCC1. The van der Waals surface area contributed by atoms with Gasteiger partial charge in [-0.15, -0.1) is 0 Å². The van der Waals surface area contributed by atoms with E-state index in [1.807, 2.05) is 18.2 Å². The van der Waals surface area contributed by atoms with Crippen LogP contribution in [0.5, 0.6) is 0 Å². The molecule has 1 aromatic carbocycles. The van der Waals surface area contributed by atoms with Crippen LogP contribution in [-0.4, -0.2) is 37.6 Å². The van der Waals surface area contributed by atoms with Gasteiger partial charge < -0.3 is 11.1 Å². The number of nitrogens with two attached hydrogens (primary N) is 1. The Balaban J connectivity index is 1.91. The highest BCUT2D eigenvalue weighted by Gasteiger charge is 2.09. The third-order valence-electron chi connectivity index (χ3n) is 2.77. The molecule has 2 rings (SSSR count). The minimum absolute atomic E-state index is 0.872. The Kier molecular flexibility index (Phi) is 3.97. The summed E-state index contributed by atoms with van der Waals surface area (Å²) in [4.78, 5) is 2.38. The number of hydrogen-bond donors (Lipinski definition) is 2. The van der Waals surface area contributed by atoms with Crippen LogP contribution in [0.2, 0.25) is 0 Å². The van der Waals surface area contributed by atoms with Gasteiger partial charge in [-0.3, -0.25) is 4.90 Å². The van der Waals surface area contributed by atoms with Crippen molar-refractivity contribution in [3.63, 3.8) is 0 Å². The Morgan fingerprint density at radius 1 is 1.25 bits per heavy atom. The Morgan fingerprint density at radius 2 is 1.94 bits per heavy atom. The second-order valence-electron chi connectivity index (χ2n) is 4.16. The van der Waals surface area contributed by atoms with Crippen LogP contribution < -0.4 is 11.1 Å². The van der Waals surface area contributed by atoms with Crippen LogP contribution in [0.15, 0.2) is 36.0 Å². The van der Waals surface area contributed by atoms with E-state index in [0.29, 0.717) is 0 Å². The van der Waals surface area contributed by atoms with E-state index < -0.39 is 0 Å². The van der Waals surface area contributed by atoms with E-state index in [-0.39, 0.29) is 0 Å². The molecule has 0 spiro atoms. The van der Waals surface area contributed by atoms with Gasteiger partial charge in [0.2, 0.25) is 0 Å². The molecule has 1 fully saturated rings. The molecule has 0 aromatic heterocycles. The van der Waals surface area contributed by atoms with Gasteiger partial charge in [0, 0.05) is 38.4 Å². The van der Waals surface area contributed by atoms with Crippen molar-refractivity contribution < 1.29 is 0 Å². The Hall–Kier alpha value is -1.32. The number of hydrogen-bond acceptors (Lipinski definition) is 3. The van der Waals surface area contributed by atoms with Gasteiger partial charge in [0.1, 0.15) is 0 Å². The number of nitrogens with zero attached hydrogens (tertiary/aromatic N) is 1. The summed E-state index contributed by atoms with van der Waals surface area (Å²) in [5.74, 6) is 0. The van der Waals surface area contributed by atoms with E-state index in [9.17, 15) is 0 Å². The van der Waals surface area contributed by atoms with Gasteiger partial charge in [-0.05, 0) is 11.6 Å². The summed E-state index contributed by atoms with van der Waals surface area (Å²) in [6.45, 7) is 5.18. The van der Waals surface area contributed by atoms with Crippen LogP contribution in [0, 0.1) is 0 Å². The van der Waals surface area contributed by atoms with E-state index in [1.165, 1.54) is 5.56 Å². The summed E-state index contributed by atoms with van der Waals surface area (Å²) in [7, 11) is 0. The Labute approximate surface area is 96.9 Å². The molecule has 0 saturated carbocycles. The lowest BCUT2D eigenvalue weighted by Crippen LogP contribution is -2.44. The Bertz CT molecular complexity index is 339. The zero-order chi connectivity index (χ0) is 11.2. The van der Waals surface area contributed by atoms with E-state index in [2.05, 4.69) is 28.4 Å². The van der Waals surface area contributed by atoms with Crippen molar-refractivity contribution in [3.05, 3.63) is 41.6 Å². The molecule has 1 aliphatic heterocycles. The van der Waals surface area contributed by atoms with Gasteiger partial charge in [-0.2, -0.15) is 0 Å². The van der Waals surface area contributed by atoms with Crippen LogP contribution in [0.3, 0.4) is 0 Å². The molecular weight excluding hydrogens is 198 g/mol. The smallest absolute Gasteiger partial charge is 0.0381 e. The van der Waals surface area contributed by atoms with E-state index in [0.717, 1.165) is 38.4 Å². The highest BCUT2D eigenvalue weighted by atomic mass is 15.2. The van der Waals surface area contributed by atoms with Crippen molar-refractivity contribution >= 4 is 6.08 Å². The van der Waals surface area contributed by atoms with Crippen LogP contribution in [0.4, 0.5) is 0 Å². The molecule has 16 heavy (non-hydrogen) atoms. The summed E-state index contributed by atoms with van der Waals surface area (Å²) < 4.78 is 0. The first kappa shape index (κ1) is 11.2. The fourth-order valence-corrected chi connectivity index (χ4v) is 1.94. The van der Waals surface area contributed by atoms with Gasteiger partial charge >= 0.3 is 0 Å². The normalized spacial score (nSPS) is 18.6. The van der Waals surface area contributed by atoms with E-state index >= 15 is 0 Å². The summed E-state index contributed by atoms with van der Waals surface area (Å²) in [5.41, 5.74) is 8.15. The number of benzene rings is 1. The monoisotopic (exact) mass is 217 g/mol. The van der Waals surface area contributed by atoms with E-state index in [1.54, 1.807) is 0 Å². The topological polar surface area (TPSA) is 41.3 Å². The van der Waals surface area contributed by atoms with Gasteiger partial charge in [0.25, 0.3) is 0 Å². The van der Waals surface area contributed by atoms with Crippen LogP contribution in [0.25, 0.3) is 6.08 Å². The maximum Gasteiger partial charge on any atom is 0.0381 e. The second-order valence-corrected chi connectivity index (χ2v) is 4.16. The minimum atomic E-state index is 0.872. The zero-order valence-corrected chi connectivity index (χ0v) is 9.52. The summed E-state index contributed by atoms with van der Waals surface area (Å²) in [5, 5.41) is 3.34. The molecule has 0 atom stereocenters. The minimum Gasteiger partial charge on any atom is -0.401 e. The summed E-state index contributed by atoms with van der Waals surface area (Å²) >= 11 is 0. The molecule has 1 aromatic rings. The Morgan fingerprint density at radius 3 is 2.62 bits per heavy atom. The average molecular weight is 217 g/mol. The molecule has 0 amide bonds. The molecular formula is C13H19N3. The highest BCUT2D eigenvalue weighted by molar-refractivity contribution is 5.52. The van der Waals surface area contributed by atoms with Crippen molar-refractivity contribution in [1.82, 2.24) is 10.2 Å². The molecule has 3 N–H and O–H groups in total. The predicted octanol–water partition coefficient (Wildman–Crippen LogP) is 0.891. The number of piperazine rings is 1. The van der Waals surface area contributed by atoms with Crippen molar-refractivity contribution in [2.24, 2.45) is 5.73 Å². The van der Waals surface area contributed by atoms with Crippen molar-refractivity contribution in [2.45, 2.75) is 0 Å². The van der Waals surface area contributed by atoms with E-state index in [4.69, 9.17) is 5.73 Å². The maximum atomic E-state index is 6.04. The first-order valence-electron chi connectivity index (χ1n) is 5.79. The molecule has 0 radical (unpaired) electrons. The van der Waals surface area contributed by atoms with Gasteiger partial charge in [0.05, 0.1) is 0 Å². The van der Waals surface area contributed by atoms with Crippen LogP contribution >= 0.6 is 0 Å². The molecule has 0 aliphatic carbocycles. The predicted molar refractivity (Wildman–Crippen MR) is 67.9 cm³/mol. The molecule has 0 unspecified atom stereocenters. The van der Waals surface area contributed by atoms with Crippen molar-refractivity contribution in [1.29, 1.82) is 0 Å². The van der Waals surface area contributed by atoms with Gasteiger partial charge in [-0.25, -0.2) is 0 Å². The van der Waals surface area contributed by atoms with Gasteiger partial charge in [0.15, 0.2) is 0 Å². The highest BCUT2D eigenvalue weighted by Crippen LogP contribution is 2.04. The number of nitrogens with one attached hydrogen (secondary N) is 1. The third-order valence-corrected chi connectivity index (χ3v) is 2.77. The number of rotatable bonds is 3. The lowest BCUT2D eigenvalue weighted by Gasteiger charge is -2.27. The summed E-state index contributed by atoms with van der Waals surface area (Å²) in [6, 6.07) is 10.2. The standard InChI is InChI=1S/C13H19N3/c14-13(10-12-4-2-1-3-5-12)11-16-8-6-15-7-9-16/h1-5,10,15H,6-9,11,14H2. The maximum absolute atomic E-state index is 6.04. The molecule has 3 heteroatoms. The lowest BCUT2D eigenvalue weighted by atomic mass is 10.2. The summed E-state index contributed by atoms with van der Waals surface area (Å²) in [6.07, 6.45) is 2.06. The molecule has 3 nitrogen and oxygen atoms in total. The van der Waals surface area contributed by atoms with Crippen molar-refractivity contribution in [3.8, 4) is 0 Å². The molecule has 1 saturated heterocycles. The molecule has 0 bridgehead atoms. The fraction of sp³-hybridized carbons (Fsp3) is 0.385. The van der Waals surface area contributed by atoms with Crippen LogP contribution in [0.1, 0.15) is 5.56 Å². The zero-order valence-electron chi connectivity index (χ0n) is 9.52. The average Bonchev–Trinajstić information content (AvgIpc) is 2.31. The molecule has 1 aliphatic rings. The molecule has 86 valence electrons. The van der Waals surface area contributed by atoms with Crippen LogP contribution in [-0.2, 0) is 0 Å². The first-order valence-corrected chi connectivity index (χ1v) is 5.79. The van der Waals surface area contributed by atoms with Gasteiger partial charge in [-0.1, -0.05) is 30.3 Å². The lowest BCUT2D eigenvalue weighted by molar-refractivity contribution is 0.259. The fourth-order valence-electron chi connectivity index (χ4n) is 1.94. The first-order chi connectivity index (χ1) is 7.84. The largest absolute Gasteiger partial charge is 0.401 e. The quantitative estimate of drug-likeness (QED) is 0.790.